The second kappa shape index (κ2) is 7.04. The molecular formula is C15H18N2O5. The first-order valence-electron chi connectivity index (χ1n) is 7.00. The predicted molar refractivity (Wildman–Crippen MR) is 78.8 cm³/mol. The van der Waals surface area contributed by atoms with E-state index in [9.17, 15) is 14.4 Å². The van der Waals surface area contributed by atoms with Crippen molar-refractivity contribution < 1.29 is 24.2 Å². The highest BCUT2D eigenvalue weighted by atomic mass is 16.5. The van der Waals surface area contributed by atoms with Crippen molar-refractivity contribution >= 4 is 23.3 Å². The lowest BCUT2D eigenvalue weighted by Gasteiger charge is -2.18. The standard InChI is InChI=1S/C15H18N2O5/c1-9(18)7-16-14(20)5-3-12(19)10-2-4-13-11(6-10)17-15(21)8-22-13/h2,4,6,9,18H,3,5,7-8H2,1H3,(H,16,20)(H,17,21). The highest BCUT2D eigenvalue weighted by Crippen LogP contribution is 2.28. The highest BCUT2D eigenvalue weighted by molar-refractivity contribution is 6.01. The van der Waals surface area contributed by atoms with E-state index in [0.717, 1.165) is 0 Å². The van der Waals surface area contributed by atoms with Gasteiger partial charge in [-0.1, -0.05) is 0 Å². The molecule has 1 aliphatic heterocycles. The van der Waals surface area contributed by atoms with Gasteiger partial charge in [0.2, 0.25) is 5.91 Å². The van der Waals surface area contributed by atoms with Gasteiger partial charge in [0.25, 0.3) is 5.91 Å². The van der Waals surface area contributed by atoms with Gasteiger partial charge >= 0.3 is 0 Å². The maximum atomic E-state index is 12.1. The molecule has 0 spiro atoms. The molecule has 118 valence electrons. The molecule has 7 nitrogen and oxygen atoms in total. The number of ether oxygens (including phenoxy) is 1. The van der Waals surface area contributed by atoms with Crippen LogP contribution in [0.1, 0.15) is 30.1 Å². The van der Waals surface area contributed by atoms with Gasteiger partial charge in [-0.3, -0.25) is 14.4 Å². The van der Waals surface area contributed by atoms with Crippen molar-refractivity contribution in [1.29, 1.82) is 0 Å². The molecule has 0 saturated carbocycles. The monoisotopic (exact) mass is 306 g/mol. The van der Waals surface area contributed by atoms with Crippen LogP contribution < -0.4 is 15.4 Å². The first kappa shape index (κ1) is 16.0. The summed E-state index contributed by atoms with van der Waals surface area (Å²) in [5, 5.41) is 14.2. The quantitative estimate of drug-likeness (QED) is 0.663. The second-order valence-electron chi connectivity index (χ2n) is 5.12. The molecule has 1 aromatic carbocycles. The van der Waals surface area contributed by atoms with Gasteiger partial charge in [-0.15, -0.1) is 0 Å². The van der Waals surface area contributed by atoms with E-state index in [2.05, 4.69) is 10.6 Å². The van der Waals surface area contributed by atoms with E-state index in [4.69, 9.17) is 9.84 Å². The Balaban J connectivity index is 1.91. The zero-order valence-corrected chi connectivity index (χ0v) is 12.2. The molecule has 1 atom stereocenters. The zero-order valence-electron chi connectivity index (χ0n) is 12.2. The molecule has 0 aromatic heterocycles. The number of carbonyl (C=O) groups excluding carboxylic acids is 3. The summed E-state index contributed by atoms with van der Waals surface area (Å²) < 4.78 is 5.21. The van der Waals surface area contributed by atoms with Crippen molar-refractivity contribution in [3.63, 3.8) is 0 Å². The average Bonchev–Trinajstić information content (AvgIpc) is 2.49. The molecule has 1 unspecified atom stereocenters. The Morgan fingerprint density at radius 2 is 2.18 bits per heavy atom. The Labute approximate surface area is 127 Å². The number of nitrogens with one attached hydrogen (secondary N) is 2. The molecule has 0 fully saturated rings. The van der Waals surface area contributed by atoms with Crippen LogP contribution in [0.25, 0.3) is 0 Å². The molecule has 0 radical (unpaired) electrons. The first-order valence-corrected chi connectivity index (χ1v) is 7.00. The van der Waals surface area contributed by atoms with Crippen molar-refractivity contribution in [1.82, 2.24) is 5.32 Å². The summed E-state index contributed by atoms with van der Waals surface area (Å²) in [6.07, 6.45) is -0.519. The van der Waals surface area contributed by atoms with Crippen molar-refractivity contribution in [3.05, 3.63) is 23.8 Å². The fourth-order valence-electron chi connectivity index (χ4n) is 1.98. The van der Waals surface area contributed by atoms with Gasteiger partial charge < -0.3 is 20.5 Å². The lowest BCUT2D eigenvalue weighted by molar-refractivity contribution is -0.121. The number of Topliss-reactive ketones (excluding diaryl/α,β-unsaturated/α-hetero) is 1. The number of aliphatic hydroxyl groups excluding tert-OH is 1. The van der Waals surface area contributed by atoms with Crippen LogP contribution in [-0.2, 0) is 9.59 Å². The normalized spacial score (nSPS) is 14.4. The fourth-order valence-corrected chi connectivity index (χ4v) is 1.98. The number of hydrogen-bond donors (Lipinski definition) is 3. The number of rotatable bonds is 6. The molecule has 1 aromatic rings. The predicted octanol–water partition coefficient (Wildman–Crippen LogP) is 0.477. The third kappa shape index (κ3) is 4.29. The smallest absolute Gasteiger partial charge is 0.262 e. The molecule has 1 heterocycles. The van der Waals surface area contributed by atoms with Gasteiger partial charge in [-0.2, -0.15) is 0 Å². The molecule has 2 amide bonds. The molecule has 7 heteroatoms. The number of benzene rings is 1. The summed E-state index contributed by atoms with van der Waals surface area (Å²) in [7, 11) is 0. The summed E-state index contributed by atoms with van der Waals surface area (Å²) in [6, 6.07) is 4.77. The van der Waals surface area contributed by atoms with E-state index in [1.165, 1.54) is 0 Å². The van der Waals surface area contributed by atoms with Crippen molar-refractivity contribution in [3.8, 4) is 5.75 Å². The van der Waals surface area contributed by atoms with Crippen LogP contribution in [0.4, 0.5) is 5.69 Å². The topological polar surface area (TPSA) is 105 Å². The van der Waals surface area contributed by atoms with Crippen LogP contribution in [0.2, 0.25) is 0 Å². The van der Waals surface area contributed by atoms with E-state index >= 15 is 0 Å². The number of aliphatic hydroxyl groups is 1. The Kier molecular flexibility index (Phi) is 5.11. The Hall–Kier alpha value is -2.41. The van der Waals surface area contributed by atoms with Crippen LogP contribution >= 0.6 is 0 Å². The summed E-state index contributed by atoms with van der Waals surface area (Å²) >= 11 is 0. The Morgan fingerprint density at radius 1 is 1.41 bits per heavy atom. The molecule has 0 aliphatic carbocycles. The molecule has 2 rings (SSSR count). The Bertz CT molecular complexity index is 598. The minimum Gasteiger partial charge on any atom is -0.482 e. The molecule has 0 bridgehead atoms. The minimum absolute atomic E-state index is 0.0380. The van der Waals surface area contributed by atoms with Gasteiger partial charge in [0.1, 0.15) is 5.75 Å². The Morgan fingerprint density at radius 3 is 2.91 bits per heavy atom. The molecule has 1 aliphatic rings. The second-order valence-corrected chi connectivity index (χ2v) is 5.12. The lowest BCUT2D eigenvalue weighted by Crippen LogP contribution is -2.30. The van der Waals surface area contributed by atoms with Crippen LogP contribution in [0.15, 0.2) is 18.2 Å². The number of amides is 2. The van der Waals surface area contributed by atoms with Crippen molar-refractivity contribution in [2.45, 2.75) is 25.9 Å². The van der Waals surface area contributed by atoms with E-state index in [-0.39, 0.29) is 43.6 Å². The lowest BCUT2D eigenvalue weighted by atomic mass is 10.0. The van der Waals surface area contributed by atoms with Crippen LogP contribution in [0, 0.1) is 0 Å². The van der Waals surface area contributed by atoms with Gasteiger partial charge in [0, 0.05) is 24.9 Å². The largest absolute Gasteiger partial charge is 0.482 e. The molecule has 0 saturated heterocycles. The summed E-state index contributed by atoms with van der Waals surface area (Å²) in [4.78, 5) is 34.8. The maximum Gasteiger partial charge on any atom is 0.262 e. The van der Waals surface area contributed by atoms with Gasteiger partial charge in [0.05, 0.1) is 11.8 Å². The number of ketones is 1. The third-order valence-corrected chi connectivity index (χ3v) is 3.11. The van der Waals surface area contributed by atoms with E-state index in [1.54, 1.807) is 25.1 Å². The van der Waals surface area contributed by atoms with Gasteiger partial charge in [-0.05, 0) is 25.1 Å². The number of hydrogen-bond acceptors (Lipinski definition) is 5. The average molecular weight is 306 g/mol. The summed E-state index contributed by atoms with van der Waals surface area (Å²) in [6.45, 7) is 1.69. The SMILES string of the molecule is CC(O)CNC(=O)CCC(=O)c1ccc2c(c1)NC(=O)CO2. The van der Waals surface area contributed by atoms with Crippen molar-refractivity contribution in [2.75, 3.05) is 18.5 Å². The van der Waals surface area contributed by atoms with Crippen LogP contribution in [0.5, 0.6) is 5.75 Å². The highest BCUT2D eigenvalue weighted by Gasteiger charge is 2.18. The number of fused-ring (bicyclic) bond motifs is 1. The van der Waals surface area contributed by atoms with Crippen LogP contribution in [0.3, 0.4) is 0 Å². The number of anilines is 1. The molecule has 3 N–H and O–H groups in total. The van der Waals surface area contributed by atoms with Crippen LogP contribution in [-0.4, -0.2) is 42.0 Å². The minimum atomic E-state index is -0.621. The van der Waals surface area contributed by atoms with Crippen molar-refractivity contribution in [2.24, 2.45) is 0 Å². The third-order valence-electron chi connectivity index (χ3n) is 3.11. The number of carbonyl (C=O) groups is 3. The van der Waals surface area contributed by atoms with Gasteiger partial charge in [-0.25, -0.2) is 0 Å². The molecular weight excluding hydrogens is 288 g/mol. The summed E-state index contributed by atoms with van der Waals surface area (Å²) in [5.41, 5.74) is 0.869. The first-order chi connectivity index (χ1) is 10.5. The van der Waals surface area contributed by atoms with Gasteiger partial charge in [0.15, 0.2) is 12.4 Å². The van der Waals surface area contributed by atoms with E-state index < -0.39 is 6.10 Å². The van der Waals surface area contributed by atoms with E-state index in [1.807, 2.05) is 0 Å². The zero-order chi connectivity index (χ0) is 16.1. The van der Waals surface area contributed by atoms with E-state index in [0.29, 0.717) is 17.0 Å². The fraction of sp³-hybridized carbons (Fsp3) is 0.400. The maximum absolute atomic E-state index is 12.1. The molecule has 22 heavy (non-hydrogen) atoms. The summed E-state index contributed by atoms with van der Waals surface area (Å²) in [5.74, 6) is -0.237.